The maximum Gasteiger partial charge on any atom is 0.322 e. The van der Waals surface area contributed by atoms with Crippen LogP contribution in [-0.2, 0) is 19.6 Å². The van der Waals surface area contributed by atoms with Gasteiger partial charge in [-0.1, -0.05) is 0 Å². The van der Waals surface area contributed by atoms with Crippen LogP contribution in [0.3, 0.4) is 0 Å². The molecule has 0 aromatic carbocycles. The van der Waals surface area contributed by atoms with Gasteiger partial charge >= 0.3 is 6.03 Å². The Kier molecular flexibility index (Phi) is 3.79. The number of urea groups is 1. The third-order valence-electron chi connectivity index (χ3n) is 3.39. The molecule has 0 aromatic heterocycles. The van der Waals surface area contributed by atoms with Gasteiger partial charge in [0.15, 0.2) is 0 Å². The Labute approximate surface area is 111 Å². The SMILES string of the molecule is COCCCS(=O)(=O)N1CCC2(C1)NC(=O)NC2=O. The number of rotatable bonds is 5. The van der Waals surface area contributed by atoms with Crippen LogP contribution in [0.5, 0.6) is 0 Å². The lowest BCUT2D eigenvalue weighted by Crippen LogP contribution is -2.49. The largest absolute Gasteiger partial charge is 0.385 e. The molecule has 1 atom stereocenters. The molecule has 2 N–H and O–H groups in total. The number of nitrogens with one attached hydrogen (secondary N) is 2. The van der Waals surface area contributed by atoms with Gasteiger partial charge in [0.05, 0.1) is 5.75 Å². The van der Waals surface area contributed by atoms with Gasteiger partial charge in [-0.15, -0.1) is 0 Å². The molecule has 2 rings (SSSR count). The standard InChI is InChI=1S/C10H17N3O5S/c1-18-5-2-6-19(16,17)13-4-3-10(7-13)8(14)11-9(15)12-10/h2-7H2,1H3,(H2,11,12,14,15). The summed E-state index contributed by atoms with van der Waals surface area (Å²) >= 11 is 0. The number of imide groups is 1. The van der Waals surface area contributed by atoms with Crippen LogP contribution in [0, 0.1) is 0 Å². The minimum absolute atomic E-state index is 0.000110. The molecular formula is C10H17N3O5S. The molecule has 9 heteroatoms. The molecular weight excluding hydrogens is 274 g/mol. The van der Waals surface area contributed by atoms with Crippen molar-refractivity contribution in [3.63, 3.8) is 0 Å². The summed E-state index contributed by atoms with van der Waals surface area (Å²) < 4.78 is 30.2. The van der Waals surface area contributed by atoms with E-state index in [9.17, 15) is 18.0 Å². The molecule has 0 aromatic rings. The maximum atomic E-state index is 12.1. The molecule has 2 saturated heterocycles. The van der Waals surface area contributed by atoms with Crippen molar-refractivity contribution in [2.45, 2.75) is 18.4 Å². The van der Waals surface area contributed by atoms with Crippen molar-refractivity contribution in [1.29, 1.82) is 0 Å². The maximum absolute atomic E-state index is 12.1. The zero-order valence-corrected chi connectivity index (χ0v) is 11.5. The Morgan fingerprint density at radius 1 is 1.42 bits per heavy atom. The first kappa shape index (κ1) is 14.2. The Balaban J connectivity index is 2.02. The smallest absolute Gasteiger partial charge is 0.322 e. The second kappa shape index (κ2) is 5.06. The van der Waals surface area contributed by atoms with Crippen molar-refractivity contribution in [2.75, 3.05) is 32.6 Å². The van der Waals surface area contributed by atoms with Gasteiger partial charge in [0.1, 0.15) is 5.54 Å². The van der Waals surface area contributed by atoms with Crippen LogP contribution in [0.4, 0.5) is 4.79 Å². The monoisotopic (exact) mass is 291 g/mol. The predicted molar refractivity (Wildman–Crippen MR) is 65.9 cm³/mol. The van der Waals surface area contributed by atoms with Gasteiger partial charge in [0, 0.05) is 26.8 Å². The molecule has 19 heavy (non-hydrogen) atoms. The molecule has 2 fully saturated rings. The van der Waals surface area contributed by atoms with Gasteiger partial charge in [0.25, 0.3) is 5.91 Å². The predicted octanol–water partition coefficient (Wildman–Crippen LogP) is -1.36. The summed E-state index contributed by atoms with van der Waals surface area (Å²) in [5, 5.41) is 4.66. The minimum atomic E-state index is -3.41. The molecule has 1 unspecified atom stereocenters. The highest BCUT2D eigenvalue weighted by Crippen LogP contribution is 2.26. The third-order valence-corrected chi connectivity index (χ3v) is 5.30. The molecule has 2 aliphatic heterocycles. The number of hydrogen-bond donors (Lipinski definition) is 2. The molecule has 1 spiro atoms. The highest BCUT2D eigenvalue weighted by Gasteiger charge is 2.52. The molecule has 0 saturated carbocycles. The fraction of sp³-hybridized carbons (Fsp3) is 0.800. The summed E-state index contributed by atoms with van der Waals surface area (Å²) in [5.74, 6) is -0.473. The summed E-state index contributed by atoms with van der Waals surface area (Å²) in [7, 11) is -1.90. The van der Waals surface area contributed by atoms with E-state index in [0.29, 0.717) is 19.4 Å². The van der Waals surface area contributed by atoms with E-state index in [-0.39, 0.29) is 18.8 Å². The van der Waals surface area contributed by atoms with Gasteiger partial charge in [-0.3, -0.25) is 10.1 Å². The van der Waals surface area contributed by atoms with E-state index in [1.54, 1.807) is 0 Å². The first-order valence-electron chi connectivity index (χ1n) is 6.00. The first-order valence-corrected chi connectivity index (χ1v) is 7.61. The summed E-state index contributed by atoms with van der Waals surface area (Å²) in [6, 6.07) is -0.566. The van der Waals surface area contributed by atoms with Crippen LogP contribution < -0.4 is 10.6 Å². The number of hydrogen-bond acceptors (Lipinski definition) is 5. The number of carbonyl (C=O) groups excluding carboxylic acids is 2. The second-order valence-corrected chi connectivity index (χ2v) is 6.82. The zero-order valence-electron chi connectivity index (χ0n) is 10.6. The van der Waals surface area contributed by atoms with Gasteiger partial charge < -0.3 is 10.1 Å². The first-order chi connectivity index (χ1) is 8.89. The number of sulfonamides is 1. The van der Waals surface area contributed by atoms with Gasteiger partial charge in [-0.2, -0.15) is 4.31 Å². The van der Waals surface area contributed by atoms with Crippen LogP contribution in [0.1, 0.15) is 12.8 Å². The third kappa shape index (κ3) is 2.72. The van der Waals surface area contributed by atoms with Crippen molar-refractivity contribution in [2.24, 2.45) is 0 Å². The van der Waals surface area contributed by atoms with Crippen LogP contribution in [0.15, 0.2) is 0 Å². The van der Waals surface area contributed by atoms with Crippen LogP contribution >= 0.6 is 0 Å². The van der Waals surface area contributed by atoms with Crippen molar-refractivity contribution in [3.05, 3.63) is 0 Å². The molecule has 108 valence electrons. The van der Waals surface area contributed by atoms with Crippen molar-refractivity contribution >= 4 is 22.0 Å². The van der Waals surface area contributed by atoms with E-state index in [4.69, 9.17) is 4.74 Å². The number of amides is 3. The number of ether oxygens (including phenoxy) is 1. The molecule has 0 bridgehead atoms. The van der Waals surface area contributed by atoms with Gasteiger partial charge in [0.2, 0.25) is 10.0 Å². The van der Waals surface area contributed by atoms with Crippen LogP contribution in [0.25, 0.3) is 0 Å². The Hall–Kier alpha value is -1.19. The zero-order chi connectivity index (χ0) is 14.1. The molecule has 3 amide bonds. The van der Waals surface area contributed by atoms with E-state index in [0.717, 1.165) is 0 Å². The Bertz CT molecular complexity index is 491. The molecule has 2 aliphatic rings. The lowest BCUT2D eigenvalue weighted by Gasteiger charge is -2.20. The summed E-state index contributed by atoms with van der Waals surface area (Å²) in [4.78, 5) is 22.9. The topological polar surface area (TPSA) is 105 Å². The van der Waals surface area contributed by atoms with Crippen molar-refractivity contribution in [3.8, 4) is 0 Å². The highest BCUT2D eigenvalue weighted by atomic mass is 32.2. The number of carbonyl (C=O) groups is 2. The average molecular weight is 291 g/mol. The van der Waals surface area contributed by atoms with E-state index in [2.05, 4.69) is 10.6 Å². The fourth-order valence-electron chi connectivity index (χ4n) is 2.34. The van der Waals surface area contributed by atoms with Crippen molar-refractivity contribution in [1.82, 2.24) is 14.9 Å². The molecule has 8 nitrogen and oxygen atoms in total. The molecule has 0 aliphatic carbocycles. The average Bonchev–Trinajstić information content (AvgIpc) is 2.85. The Morgan fingerprint density at radius 3 is 2.74 bits per heavy atom. The summed E-state index contributed by atoms with van der Waals surface area (Å²) in [6.45, 7) is 0.609. The van der Waals surface area contributed by atoms with E-state index < -0.39 is 27.5 Å². The summed E-state index contributed by atoms with van der Waals surface area (Å²) in [5.41, 5.74) is -1.09. The van der Waals surface area contributed by atoms with E-state index in [1.165, 1.54) is 11.4 Å². The van der Waals surface area contributed by atoms with E-state index in [1.807, 2.05) is 0 Å². The van der Waals surface area contributed by atoms with Crippen LogP contribution in [-0.4, -0.2) is 62.8 Å². The van der Waals surface area contributed by atoms with Crippen LogP contribution in [0.2, 0.25) is 0 Å². The highest BCUT2D eigenvalue weighted by molar-refractivity contribution is 7.89. The van der Waals surface area contributed by atoms with E-state index >= 15 is 0 Å². The van der Waals surface area contributed by atoms with Crippen molar-refractivity contribution < 1.29 is 22.7 Å². The number of nitrogens with zero attached hydrogens (tertiary/aromatic N) is 1. The lowest BCUT2D eigenvalue weighted by molar-refractivity contribution is -0.123. The molecule has 0 radical (unpaired) electrons. The Morgan fingerprint density at radius 2 is 2.16 bits per heavy atom. The number of methoxy groups -OCH3 is 1. The minimum Gasteiger partial charge on any atom is -0.385 e. The van der Waals surface area contributed by atoms with Gasteiger partial charge in [-0.05, 0) is 12.8 Å². The fourth-order valence-corrected chi connectivity index (χ4v) is 3.87. The normalized spacial score (nSPS) is 27.8. The quantitative estimate of drug-likeness (QED) is 0.481. The van der Waals surface area contributed by atoms with Gasteiger partial charge in [-0.25, -0.2) is 13.2 Å². The second-order valence-electron chi connectivity index (χ2n) is 4.74. The lowest BCUT2D eigenvalue weighted by atomic mass is 10.00. The summed E-state index contributed by atoms with van der Waals surface area (Å²) in [6.07, 6.45) is 0.703. The molecule has 2 heterocycles.